The molecule has 0 fully saturated rings. The molecule has 0 aliphatic rings. The van der Waals surface area contributed by atoms with E-state index in [1.165, 1.54) is 12.3 Å². The van der Waals surface area contributed by atoms with E-state index in [1.807, 2.05) is 0 Å². The van der Waals surface area contributed by atoms with Gasteiger partial charge in [0.1, 0.15) is 10.3 Å². The number of nitrogens with one attached hydrogen (secondary N) is 1. The first-order valence-corrected chi connectivity index (χ1v) is 3.14. The third-order valence-electron chi connectivity index (χ3n) is 0.926. The van der Waals surface area contributed by atoms with Gasteiger partial charge in [0.05, 0.1) is 0 Å². The molecule has 0 amide bonds. The zero-order valence-corrected chi connectivity index (χ0v) is 6.10. The van der Waals surface area contributed by atoms with Crippen LogP contribution < -0.4 is 11.2 Å². The number of rotatable bonds is 0. The molecule has 48 valence electrons. The SMILES string of the molecule is Nc1[nH]ccc(=O)c1Br. The van der Waals surface area contributed by atoms with Gasteiger partial charge in [0.25, 0.3) is 0 Å². The van der Waals surface area contributed by atoms with Crippen molar-refractivity contribution in [3.63, 3.8) is 0 Å². The number of hydrogen-bond acceptors (Lipinski definition) is 2. The first kappa shape index (κ1) is 6.35. The monoisotopic (exact) mass is 188 g/mol. The van der Waals surface area contributed by atoms with Crippen LogP contribution in [0.25, 0.3) is 0 Å². The molecule has 3 N–H and O–H groups in total. The van der Waals surface area contributed by atoms with Crippen LogP contribution in [0.4, 0.5) is 5.82 Å². The number of nitrogens with two attached hydrogens (primary N) is 1. The Hall–Kier alpha value is -0.770. The van der Waals surface area contributed by atoms with Crippen molar-refractivity contribution in [3.05, 3.63) is 27.0 Å². The fourth-order valence-corrected chi connectivity index (χ4v) is 0.723. The number of nitrogen functional groups attached to an aromatic ring is 1. The third-order valence-corrected chi connectivity index (χ3v) is 1.74. The normalized spacial score (nSPS) is 9.44. The van der Waals surface area contributed by atoms with E-state index in [-0.39, 0.29) is 5.43 Å². The largest absolute Gasteiger partial charge is 0.384 e. The van der Waals surface area contributed by atoms with E-state index in [2.05, 4.69) is 20.9 Å². The van der Waals surface area contributed by atoms with Crippen LogP contribution in [-0.2, 0) is 0 Å². The van der Waals surface area contributed by atoms with Crippen LogP contribution in [0.2, 0.25) is 0 Å². The molecule has 1 heterocycles. The zero-order chi connectivity index (χ0) is 6.85. The van der Waals surface area contributed by atoms with Gasteiger partial charge in [-0.3, -0.25) is 4.79 Å². The molecule has 3 nitrogen and oxygen atoms in total. The van der Waals surface area contributed by atoms with E-state index >= 15 is 0 Å². The zero-order valence-electron chi connectivity index (χ0n) is 4.52. The number of anilines is 1. The molecule has 0 aliphatic carbocycles. The van der Waals surface area contributed by atoms with Crippen molar-refractivity contribution in [1.29, 1.82) is 0 Å². The number of aromatic amines is 1. The second-order valence-electron chi connectivity index (χ2n) is 1.57. The second-order valence-corrected chi connectivity index (χ2v) is 2.36. The van der Waals surface area contributed by atoms with Crippen molar-refractivity contribution in [2.75, 3.05) is 5.73 Å². The number of hydrogen-bond donors (Lipinski definition) is 2. The summed E-state index contributed by atoms with van der Waals surface area (Å²) in [6, 6.07) is 1.40. The molecule has 0 bridgehead atoms. The third kappa shape index (κ3) is 1.13. The van der Waals surface area contributed by atoms with Gasteiger partial charge in [0.2, 0.25) is 0 Å². The molecule has 1 aromatic heterocycles. The van der Waals surface area contributed by atoms with Crippen molar-refractivity contribution in [2.45, 2.75) is 0 Å². The highest BCUT2D eigenvalue weighted by molar-refractivity contribution is 9.10. The maximum Gasteiger partial charge on any atom is 0.197 e. The molecule has 0 spiro atoms. The summed E-state index contributed by atoms with van der Waals surface area (Å²) in [5, 5.41) is 0. The summed E-state index contributed by atoms with van der Waals surface area (Å²) in [5.41, 5.74) is 5.21. The van der Waals surface area contributed by atoms with Gasteiger partial charge in [-0.25, -0.2) is 0 Å². The molecule has 0 atom stereocenters. The van der Waals surface area contributed by atoms with E-state index in [1.54, 1.807) is 0 Å². The van der Waals surface area contributed by atoms with E-state index < -0.39 is 0 Å². The average molecular weight is 189 g/mol. The van der Waals surface area contributed by atoms with Gasteiger partial charge in [-0.15, -0.1) is 0 Å². The number of H-pyrrole nitrogens is 1. The summed E-state index contributed by atoms with van der Waals surface area (Å²) in [6.45, 7) is 0. The van der Waals surface area contributed by atoms with Gasteiger partial charge in [-0.05, 0) is 15.9 Å². The predicted octanol–water partition coefficient (Wildman–Crippen LogP) is 0.720. The smallest absolute Gasteiger partial charge is 0.197 e. The molecule has 0 aromatic carbocycles. The lowest BCUT2D eigenvalue weighted by Crippen LogP contribution is -2.04. The highest BCUT2D eigenvalue weighted by Gasteiger charge is 1.95. The molecular weight excluding hydrogens is 184 g/mol. The lowest BCUT2D eigenvalue weighted by atomic mass is 10.4. The Labute approximate surface area is 60.0 Å². The van der Waals surface area contributed by atoms with E-state index in [0.717, 1.165) is 0 Å². The highest BCUT2D eigenvalue weighted by Crippen LogP contribution is 2.08. The first-order chi connectivity index (χ1) is 4.22. The minimum Gasteiger partial charge on any atom is -0.384 e. The summed E-state index contributed by atoms with van der Waals surface area (Å²) in [4.78, 5) is 13.4. The molecule has 0 aliphatic heterocycles. The Morgan fingerprint density at radius 2 is 2.33 bits per heavy atom. The van der Waals surface area contributed by atoms with Crippen molar-refractivity contribution in [2.24, 2.45) is 0 Å². The lowest BCUT2D eigenvalue weighted by Gasteiger charge is -1.92. The second kappa shape index (κ2) is 2.23. The fourth-order valence-electron chi connectivity index (χ4n) is 0.476. The Balaban J connectivity index is 3.43. The lowest BCUT2D eigenvalue weighted by molar-refractivity contribution is 1.29. The molecule has 1 aromatic rings. The van der Waals surface area contributed by atoms with Gasteiger partial charge in [-0.2, -0.15) is 0 Å². The van der Waals surface area contributed by atoms with Crippen LogP contribution in [0, 0.1) is 0 Å². The van der Waals surface area contributed by atoms with Gasteiger partial charge in [-0.1, -0.05) is 0 Å². The molecule has 9 heavy (non-hydrogen) atoms. The van der Waals surface area contributed by atoms with Gasteiger partial charge in [0.15, 0.2) is 5.43 Å². The highest BCUT2D eigenvalue weighted by atomic mass is 79.9. The van der Waals surface area contributed by atoms with E-state index in [4.69, 9.17) is 5.73 Å². The Kier molecular flexibility index (Phi) is 1.57. The van der Waals surface area contributed by atoms with Crippen LogP contribution >= 0.6 is 15.9 Å². The summed E-state index contributed by atoms with van der Waals surface area (Å²) in [7, 11) is 0. The summed E-state index contributed by atoms with van der Waals surface area (Å²) >= 11 is 3.01. The molecule has 0 saturated carbocycles. The quantitative estimate of drug-likeness (QED) is 0.631. The minimum absolute atomic E-state index is 0.105. The number of halogens is 1. The van der Waals surface area contributed by atoms with Crippen LogP contribution in [0.15, 0.2) is 21.5 Å². The van der Waals surface area contributed by atoms with Crippen LogP contribution in [0.1, 0.15) is 0 Å². The van der Waals surface area contributed by atoms with Crippen molar-refractivity contribution in [3.8, 4) is 0 Å². The Morgan fingerprint density at radius 1 is 1.67 bits per heavy atom. The molecule has 4 heteroatoms. The van der Waals surface area contributed by atoms with Gasteiger partial charge < -0.3 is 10.7 Å². The van der Waals surface area contributed by atoms with Gasteiger partial charge >= 0.3 is 0 Å². The summed E-state index contributed by atoms with van der Waals surface area (Å²) < 4.78 is 0.394. The average Bonchev–Trinajstić information content (AvgIpc) is 1.83. The van der Waals surface area contributed by atoms with E-state index in [0.29, 0.717) is 10.3 Å². The molecular formula is C5H5BrN2O. The van der Waals surface area contributed by atoms with Crippen molar-refractivity contribution < 1.29 is 0 Å². The maximum atomic E-state index is 10.7. The maximum absolute atomic E-state index is 10.7. The van der Waals surface area contributed by atoms with Crippen LogP contribution in [-0.4, -0.2) is 4.98 Å². The van der Waals surface area contributed by atoms with E-state index in [9.17, 15) is 4.79 Å². The van der Waals surface area contributed by atoms with Crippen LogP contribution in [0.3, 0.4) is 0 Å². The summed E-state index contributed by atoms with van der Waals surface area (Å²) in [6.07, 6.45) is 1.50. The summed E-state index contributed by atoms with van der Waals surface area (Å²) in [5.74, 6) is 0.363. The molecule has 0 unspecified atom stereocenters. The fraction of sp³-hybridized carbons (Fsp3) is 0. The number of aromatic nitrogens is 1. The molecule has 0 saturated heterocycles. The topological polar surface area (TPSA) is 58.9 Å². The standard InChI is InChI=1S/C5H5BrN2O/c6-4-3(9)1-2-8-5(4)7/h1-2H,(H3,7,8,9). The molecule has 1 rings (SSSR count). The molecule has 0 radical (unpaired) electrons. The van der Waals surface area contributed by atoms with Crippen molar-refractivity contribution in [1.82, 2.24) is 4.98 Å². The predicted molar refractivity (Wildman–Crippen MR) is 39.2 cm³/mol. The van der Waals surface area contributed by atoms with Gasteiger partial charge in [0, 0.05) is 12.3 Å². The van der Waals surface area contributed by atoms with Crippen LogP contribution in [0.5, 0.6) is 0 Å². The van der Waals surface area contributed by atoms with Crippen molar-refractivity contribution >= 4 is 21.7 Å². The number of pyridine rings is 1. The Morgan fingerprint density at radius 3 is 2.78 bits per heavy atom. The minimum atomic E-state index is -0.105. The first-order valence-electron chi connectivity index (χ1n) is 2.34. The Bertz CT molecular complexity index is 268.